The van der Waals surface area contributed by atoms with Gasteiger partial charge in [0.15, 0.2) is 0 Å². The highest BCUT2D eigenvalue weighted by Gasteiger charge is 2.34. The van der Waals surface area contributed by atoms with E-state index in [9.17, 15) is 4.79 Å². The van der Waals surface area contributed by atoms with Crippen molar-refractivity contribution in [1.82, 2.24) is 19.6 Å². The lowest BCUT2D eigenvalue weighted by Gasteiger charge is -2.33. The Kier molecular flexibility index (Phi) is 5.54. The van der Waals surface area contributed by atoms with Crippen LogP contribution < -0.4 is 0 Å². The average Bonchev–Trinajstić information content (AvgIpc) is 3.50. The van der Waals surface area contributed by atoms with E-state index in [4.69, 9.17) is 0 Å². The minimum absolute atomic E-state index is 0.281. The number of likely N-dealkylation sites (tertiary alicyclic amines) is 1. The highest BCUT2D eigenvalue weighted by Crippen LogP contribution is 2.31. The van der Waals surface area contributed by atoms with Gasteiger partial charge >= 0.3 is 0 Å². The molecule has 2 aliphatic rings. The molecule has 0 unspecified atom stereocenters. The SMILES string of the molecule is Cc1nn(C)c(C)c1CN(C(=O)CN1CCC(c2ccccc2)CC1)C1CC1. The molecule has 2 heterocycles. The Morgan fingerprint density at radius 2 is 1.79 bits per heavy atom. The molecular weight excluding hydrogens is 348 g/mol. The Labute approximate surface area is 168 Å². The van der Waals surface area contributed by atoms with Crippen molar-refractivity contribution in [3.05, 3.63) is 52.8 Å². The fraction of sp³-hybridized carbons (Fsp3) is 0.565. The van der Waals surface area contributed by atoms with Gasteiger partial charge in [0.1, 0.15) is 0 Å². The van der Waals surface area contributed by atoms with Gasteiger partial charge in [-0.2, -0.15) is 5.10 Å². The standard InChI is InChI=1S/C23H32N4O/c1-17-22(18(2)25(3)24-17)15-27(21-9-10-21)23(28)16-26-13-11-20(12-14-26)19-7-5-4-6-8-19/h4-8,20-21H,9-16H2,1-3H3. The molecule has 2 aromatic rings. The summed E-state index contributed by atoms with van der Waals surface area (Å²) < 4.78 is 1.93. The van der Waals surface area contributed by atoms with Gasteiger partial charge in [-0.25, -0.2) is 0 Å². The summed E-state index contributed by atoms with van der Waals surface area (Å²) >= 11 is 0. The maximum atomic E-state index is 13.1. The van der Waals surface area contributed by atoms with Crippen molar-refractivity contribution in [3.8, 4) is 0 Å². The van der Waals surface area contributed by atoms with E-state index in [0.717, 1.165) is 44.5 Å². The number of benzene rings is 1. The summed E-state index contributed by atoms with van der Waals surface area (Å²) in [5.41, 5.74) is 4.86. The van der Waals surface area contributed by atoms with E-state index in [1.807, 2.05) is 18.7 Å². The minimum Gasteiger partial charge on any atom is -0.334 e. The van der Waals surface area contributed by atoms with Gasteiger partial charge in [-0.05, 0) is 64.1 Å². The smallest absolute Gasteiger partial charge is 0.237 e. The van der Waals surface area contributed by atoms with Crippen molar-refractivity contribution in [2.45, 2.75) is 58.0 Å². The number of carbonyl (C=O) groups is 1. The first-order valence-electron chi connectivity index (χ1n) is 10.6. The predicted molar refractivity (Wildman–Crippen MR) is 111 cm³/mol. The van der Waals surface area contributed by atoms with Gasteiger partial charge in [-0.1, -0.05) is 30.3 Å². The van der Waals surface area contributed by atoms with Gasteiger partial charge < -0.3 is 4.90 Å². The summed E-state index contributed by atoms with van der Waals surface area (Å²) in [6.07, 6.45) is 4.56. The highest BCUT2D eigenvalue weighted by molar-refractivity contribution is 5.79. The number of amides is 1. The van der Waals surface area contributed by atoms with Crippen LogP contribution in [-0.4, -0.2) is 51.2 Å². The molecule has 1 saturated carbocycles. The first kappa shape index (κ1) is 19.2. The van der Waals surface area contributed by atoms with Gasteiger partial charge in [0.25, 0.3) is 0 Å². The summed E-state index contributed by atoms with van der Waals surface area (Å²) in [6, 6.07) is 11.2. The molecule has 1 amide bonds. The molecule has 0 bridgehead atoms. The molecule has 0 spiro atoms. The summed E-state index contributed by atoms with van der Waals surface area (Å²) in [4.78, 5) is 17.6. The third kappa shape index (κ3) is 4.14. The second-order valence-electron chi connectivity index (χ2n) is 8.49. The van der Waals surface area contributed by atoms with E-state index in [1.54, 1.807) is 0 Å². The molecule has 150 valence electrons. The van der Waals surface area contributed by atoms with Crippen molar-refractivity contribution < 1.29 is 4.79 Å². The lowest BCUT2D eigenvalue weighted by molar-refractivity contribution is -0.134. The summed E-state index contributed by atoms with van der Waals surface area (Å²) in [5.74, 6) is 0.913. The lowest BCUT2D eigenvalue weighted by atomic mass is 9.89. The van der Waals surface area contributed by atoms with Crippen LogP contribution in [0.5, 0.6) is 0 Å². The number of hydrogen-bond acceptors (Lipinski definition) is 3. The highest BCUT2D eigenvalue weighted by atomic mass is 16.2. The van der Waals surface area contributed by atoms with Crippen molar-refractivity contribution in [3.63, 3.8) is 0 Å². The number of piperidine rings is 1. The van der Waals surface area contributed by atoms with E-state index in [0.29, 0.717) is 25.0 Å². The number of aromatic nitrogens is 2. The molecule has 1 aromatic heterocycles. The number of carbonyl (C=O) groups excluding carboxylic acids is 1. The first-order chi connectivity index (χ1) is 13.5. The second-order valence-corrected chi connectivity index (χ2v) is 8.49. The van der Waals surface area contributed by atoms with Gasteiger partial charge in [0, 0.05) is 30.9 Å². The topological polar surface area (TPSA) is 41.4 Å². The van der Waals surface area contributed by atoms with Crippen LogP contribution in [0, 0.1) is 13.8 Å². The van der Waals surface area contributed by atoms with Crippen LogP contribution in [0.25, 0.3) is 0 Å². The third-order valence-corrected chi connectivity index (χ3v) is 6.51. The normalized spacial score (nSPS) is 18.4. The van der Waals surface area contributed by atoms with Gasteiger partial charge in [-0.3, -0.25) is 14.4 Å². The number of nitrogens with zero attached hydrogens (tertiary/aromatic N) is 4. The van der Waals surface area contributed by atoms with Crippen molar-refractivity contribution in [1.29, 1.82) is 0 Å². The van der Waals surface area contributed by atoms with Crippen LogP contribution in [0.1, 0.15) is 54.1 Å². The molecule has 1 saturated heterocycles. The van der Waals surface area contributed by atoms with Gasteiger partial charge in [0.05, 0.1) is 12.2 Å². The summed E-state index contributed by atoms with van der Waals surface area (Å²) in [7, 11) is 1.98. The maximum absolute atomic E-state index is 13.1. The minimum atomic E-state index is 0.281. The maximum Gasteiger partial charge on any atom is 0.237 e. The van der Waals surface area contributed by atoms with E-state index in [-0.39, 0.29) is 5.91 Å². The molecule has 5 nitrogen and oxygen atoms in total. The monoisotopic (exact) mass is 380 g/mol. The number of hydrogen-bond donors (Lipinski definition) is 0. The van der Waals surface area contributed by atoms with Crippen LogP contribution in [-0.2, 0) is 18.4 Å². The fourth-order valence-electron chi connectivity index (χ4n) is 4.46. The third-order valence-electron chi connectivity index (χ3n) is 6.51. The Bertz CT molecular complexity index is 817. The first-order valence-corrected chi connectivity index (χ1v) is 10.6. The predicted octanol–water partition coefficient (Wildman–Crippen LogP) is 3.41. The van der Waals surface area contributed by atoms with Crippen molar-refractivity contribution >= 4 is 5.91 Å². The van der Waals surface area contributed by atoms with Crippen molar-refractivity contribution in [2.75, 3.05) is 19.6 Å². The molecule has 0 radical (unpaired) electrons. The molecule has 1 aliphatic heterocycles. The summed E-state index contributed by atoms with van der Waals surface area (Å²) in [6.45, 7) is 7.42. The number of rotatable bonds is 6. The zero-order chi connectivity index (χ0) is 19.7. The molecule has 1 aromatic carbocycles. The van der Waals surface area contributed by atoms with Crippen LogP contribution in [0.2, 0.25) is 0 Å². The Morgan fingerprint density at radius 3 is 2.36 bits per heavy atom. The van der Waals surface area contributed by atoms with Gasteiger partial charge in [0.2, 0.25) is 5.91 Å². The molecule has 0 N–H and O–H groups in total. The second kappa shape index (κ2) is 8.08. The molecule has 0 atom stereocenters. The lowest BCUT2D eigenvalue weighted by Crippen LogP contribution is -2.43. The van der Waals surface area contributed by atoms with E-state index >= 15 is 0 Å². The number of aryl methyl sites for hydroxylation is 2. The molecule has 2 fully saturated rings. The average molecular weight is 381 g/mol. The van der Waals surface area contributed by atoms with E-state index in [1.165, 1.54) is 16.8 Å². The Morgan fingerprint density at radius 1 is 1.11 bits per heavy atom. The fourth-order valence-corrected chi connectivity index (χ4v) is 4.46. The zero-order valence-electron chi connectivity index (χ0n) is 17.4. The molecule has 28 heavy (non-hydrogen) atoms. The van der Waals surface area contributed by atoms with Crippen LogP contribution >= 0.6 is 0 Å². The van der Waals surface area contributed by atoms with Gasteiger partial charge in [-0.15, -0.1) is 0 Å². The summed E-state index contributed by atoms with van der Waals surface area (Å²) in [5, 5.41) is 4.52. The quantitative estimate of drug-likeness (QED) is 0.771. The molecule has 5 heteroatoms. The Balaban J connectivity index is 1.35. The van der Waals surface area contributed by atoms with Crippen LogP contribution in [0.3, 0.4) is 0 Å². The largest absolute Gasteiger partial charge is 0.334 e. The van der Waals surface area contributed by atoms with Crippen LogP contribution in [0.15, 0.2) is 30.3 Å². The van der Waals surface area contributed by atoms with E-state index in [2.05, 4.69) is 52.2 Å². The Hall–Kier alpha value is -2.14. The molecule has 1 aliphatic carbocycles. The zero-order valence-corrected chi connectivity index (χ0v) is 17.4. The van der Waals surface area contributed by atoms with Crippen molar-refractivity contribution in [2.24, 2.45) is 7.05 Å². The molecule has 4 rings (SSSR count). The van der Waals surface area contributed by atoms with E-state index < -0.39 is 0 Å². The van der Waals surface area contributed by atoms with Crippen LogP contribution in [0.4, 0.5) is 0 Å². The molecular formula is C23H32N4O.